The first-order valence-corrected chi connectivity index (χ1v) is 10.7. The summed E-state index contributed by atoms with van der Waals surface area (Å²) in [6.07, 6.45) is 1.56. The number of fused-ring (bicyclic) bond motifs is 1. The Labute approximate surface area is 190 Å². The molecule has 7 nitrogen and oxygen atoms in total. The number of ether oxygens (including phenoxy) is 1. The van der Waals surface area contributed by atoms with Crippen molar-refractivity contribution in [2.45, 2.75) is 0 Å². The van der Waals surface area contributed by atoms with E-state index in [1.165, 1.54) is 12.1 Å². The number of benzene rings is 2. The molecule has 0 atom stereocenters. The molecule has 0 bridgehead atoms. The van der Waals surface area contributed by atoms with Gasteiger partial charge >= 0.3 is 0 Å². The molecule has 2 aromatic heterocycles. The minimum absolute atomic E-state index is 0.152. The third-order valence-corrected chi connectivity index (χ3v) is 5.76. The van der Waals surface area contributed by atoms with E-state index in [-0.39, 0.29) is 11.7 Å². The Morgan fingerprint density at radius 2 is 1.85 bits per heavy atom. The van der Waals surface area contributed by atoms with Crippen LogP contribution in [0.4, 0.5) is 21.6 Å². The van der Waals surface area contributed by atoms with Gasteiger partial charge in [0.2, 0.25) is 0 Å². The summed E-state index contributed by atoms with van der Waals surface area (Å²) < 4.78 is 24.1. The molecule has 168 valence electrons. The highest BCUT2D eigenvalue weighted by atomic mass is 19.1. The van der Waals surface area contributed by atoms with Gasteiger partial charge in [0.1, 0.15) is 28.7 Å². The molecular formula is C25H23FN4O3. The summed E-state index contributed by atoms with van der Waals surface area (Å²) >= 11 is 0. The maximum Gasteiger partial charge on any atom is 0.272 e. The number of piperazine rings is 1. The largest absolute Gasteiger partial charge is 0.497 e. The number of furan rings is 1. The molecule has 1 amide bonds. The Bertz CT molecular complexity index is 1280. The molecule has 33 heavy (non-hydrogen) atoms. The molecule has 0 saturated carbocycles. The normalized spacial score (nSPS) is 13.9. The van der Waals surface area contributed by atoms with Gasteiger partial charge in [0, 0.05) is 49.7 Å². The number of carbonyl (C=O) groups is 1. The number of carbonyl (C=O) groups excluding carboxylic acids is 1. The maximum absolute atomic E-state index is 13.3. The van der Waals surface area contributed by atoms with E-state index in [2.05, 4.69) is 15.2 Å². The lowest BCUT2D eigenvalue weighted by molar-refractivity contribution is 0.0741. The van der Waals surface area contributed by atoms with Crippen LogP contribution in [0.2, 0.25) is 0 Å². The number of amides is 1. The van der Waals surface area contributed by atoms with Crippen LogP contribution in [0.1, 0.15) is 10.5 Å². The smallest absolute Gasteiger partial charge is 0.272 e. The van der Waals surface area contributed by atoms with Gasteiger partial charge in [-0.15, -0.1) is 0 Å². The van der Waals surface area contributed by atoms with Gasteiger partial charge < -0.3 is 24.3 Å². The zero-order chi connectivity index (χ0) is 22.8. The van der Waals surface area contributed by atoms with Crippen molar-refractivity contribution < 1.29 is 18.3 Å². The molecule has 0 unspecified atom stereocenters. The average Bonchev–Trinajstić information content (AvgIpc) is 3.34. The molecule has 4 aromatic rings. The fourth-order valence-corrected chi connectivity index (χ4v) is 3.98. The molecule has 1 fully saturated rings. The molecule has 5 rings (SSSR count). The van der Waals surface area contributed by atoms with Gasteiger partial charge in [-0.25, -0.2) is 9.37 Å². The molecule has 0 aliphatic carbocycles. The van der Waals surface area contributed by atoms with E-state index >= 15 is 0 Å². The van der Waals surface area contributed by atoms with Crippen molar-refractivity contribution in [2.75, 3.05) is 43.5 Å². The third-order valence-electron chi connectivity index (χ3n) is 5.76. The molecular weight excluding hydrogens is 423 g/mol. The van der Waals surface area contributed by atoms with Crippen molar-refractivity contribution >= 4 is 34.1 Å². The van der Waals surface area contributed by atoms with Crippen LogP contribution in [0.25, 0.3) is 11.0 Å². The van der Waals surface area contributed by atoms with E-state index in [0.29, 0.717) is 49.0 Å². The summed E-state index contributed by atoms with van der Waals surface area (Å²) in [4.78, 5) is 21.9. The first kappa shape index (κ1) is 20.8. The van der Waals surface area contributed by atoms with Crippen LogP contribution in [0, 0.1) is 5.82 Å². The second-order valence-corrected chi connectivity index (χ2v) is 7.80. The number of nitrogens with one attached hydrogen (secondary N) is 1. The second kappa shape index (κ2) is 8.82. The van der Waals surface area contributed by atoms with Gasteiger partial charge in [-0.3, -0.25) is 4.79 Å². The number of pyridine rings is 1. The van der Waals surface area contributed by atoms with Crippen molar-refractivity contribution in [2.24, 2.45) is 0 Å². The predicted molar refractivity (Wildman–Crippen MR) is 125 cm³/mol. The van der Waals surface area contributed by atoms with Crippen LogP contribution in [0.15, 0.2) is 71.3 Å². The standard InChI is InChI=1S/C25H23FN4O3/c1-32-20-4-2-3-19(15-20)29-10-12-30(13-11-29)25(31)22-16-23-21(9-14-33-23)24(28-22)27-18-7-5-17(26)6-8-18/h2-9,14-16H,10-13H2,1H3,(H,27,28). The van der Waals surface area contributed by atoms with Crippen LogP contribution >= 0.6 is 0 Å². The monoisotopic (exact) mass is 446 g/mol. The summed E-state index contributed by atoms with van der Waals surface area (Å²) in [5.74, 6) is 0.828. The summed E-state index contributed by atoms with van der Waals surface area (Å²) in [6, 6.07) is 17.3. The maximum atomic E-state index is 13.3. The van der Waals surface area contributed by atoms with E-state index < -0.39 is 0 Å². The first-order valence-electron chi connectivity index (χ1n) is 10.7. The Hall–Kier alpha value is -4.07. The van der Waals surface area contributed by atoms with Gasteiger partial charge in [0.15, 0.2) is 0 Å². The topological polar surface area (TPSA) is 70.8 Å². The fourth-order valence-electron chi connectivity index (χ4n) is 3.98. The molecule has 1 aliphatic rings. The minimum Gasteiger partial charge on any atom is -0.497 e. The second-order valence-electron chi connectivity index (χ2n) is 7.80. The number of hydrogen-bond donors (Lipinski definition) is 1. The van der Waals surface area contributed by atoms with Crippen molar-refractivity contribution in [3.8, 4) is 5.75 Å². The summed E-state index contributed by atoms with van der Waals surface area (Å²) in [5, 5.41) is 3.92. The van der Waals surface area contributed by atoms with Crippen LogP contribution < -0.4 is 15.0 Å². The first-order chi connectivity index (χ1) is 16.1. The lowest BCUT2D eigenvalue weighted by Crippen LogP contribution is -2.49. The lowest BCUT2D eigenvalue weighted by atomic mass is 10.2. The summed E-state index contributed by atoms with van der Waals surface area (Å²) in [6.45, 7) is 2.58. The number of nitrogens with zero attached hydrogens (tertiary/aromatic N) is 3. The van der Waals surface area contributed by atoms with Gasteiger partial charge in [-0.1, -0.05) is 6.07 Å². The van der Waals surface area contributed by atoms with E-state index in [4.69, 9.17) is 9.15 Å². The molecule has 8 heteroatoms. The Balaban J connectivity index is 1.34. The van der Waals surface area contributed by atoms with E-state index in [1.807, 2.05) is 24.3 Å². The van der Waals surface area contributed by atoms with Crippen LogP contribution in [0.3, 0.4) is 0 Å². The zero-order valence-electron chi connectivity index (χ0n) is 18.1. The molecule has 1 aliphatic heterocycles. The number of halogens is 1. The van der Waals surface area contributed by atoms with Gasteiger partial charge in [0.25, 0.3) is 5.91 Å². The Morgan fingerprint density at radius 3 is 2.61 bits per heavy atom. The number of methoxy groups -OCH3 is 1. The van der Waals surface area contributed by atoms with Gasteiger partial charge in [-0.05, 0) is 42.5 Å². The van der Waals surface area contributed by atoms with E-state index in [9.17, 15) is 9.18 Å². The number of hydrogen-bond acceptors (Lipinski definition) is 6. The van der Waals surface area contributed by atoms with Crippen molar-refractivity contribution in [1.29, 1.82) is 0 Å². The molecule has 0 spiro atoms. The fraction of sp³-hybridized carbons (Fsp3) is 0.200. The molecule has 2 aromatic carbocycles. The number of aromatic nitrogens is 1. The average molecular weight is 446 g/mol. The number of anilines is 3. The highest BCUT2D eigenvalue weighted by Crippen LogP contribution is 2.28. The quantitative estimate of drug-likeness (QED) is 0.480. The predicted octanol–water partition coefficient (Wildman–Crippen LogP) is 4.68. The van der Waals surface area contributed by atoms with Crippen LogP contribution in [-0.4, -0.2) is 49.1 Å². The summed E-state index contributed by atoms with van der Waals surface area (Å²) in [5.41, 5.74) is 2.61. The van der Waals surface area contributed by atoms with E-state index in [0.717, 1.165) is 16.8 Å². The highest BCUT2D eigenvalue weighted by molar-refractivity contribution is 5.99. The van der Waals surface area contributed by atoms with Crippen LogP contribution in [-0.2, 0) is 0 Å². The van der Waals surface area contributed by atoms with E-state index in [1.54, 1.807) is 42.5 Å². The van der Waals surface area contributed by atoms with Gasteiger partial charge in [0.05, 0.1) is 18.8 Å². The lowest BCUT2D eigenvalue weighted by Gasteiger charge is -2.36. The highest BCUT2D eigenvalue weighted by Gasteiger charge is 2.25. The molecule has 3 heterocycles. The SMILES string of the molecule is COc1cccc(N2CCN(C(=O)c3cc4occc4c(Nc4ccc(F)cc4)n3)CC2)c1. The van der Waals surface area contributed by atoms with Crippen molar-refractivity contribution in [3.63, 3.8) is 0 Å². The molecule has 1 N–H and O–H groups in total. The Morgan fingerprint density at radius 1 is 1.06 bits per heavy atom. The Kier molecular flexibility index (Phi) is 5.56. The third kappa shape index (κ3) is 4.32. The van der Waals surface area contributed by atoms with Crippen LogP contribution in [0.5, 0.6) is 5.75 Å². The van der Waals surface area contributed by atoms with Crippen molar-refractivity contribution in [1.82, 2.24) is 9.88 Å². The van der Waals surface area contributed by atoms with Gasteiger partial charge in [-0.2, -0.15) is 0 Å². The molecule has 1 saturated heterocycles. The van der Waals surface area contributed by atoms with Crippen molar-refractivity contribution in [3.05, 3.63) is 78.4 Å². The zero-order valence-corrected chi connectivity index (χ0v) is 18.1. The molecule has 0 radical (unpaired) electrons. The number of rotatable bonds is 5. The minimum atomic E-state index is -0.320. The summed E-state index contributed by atoms with van der Waals surface area (Å²) in [7, 11) is 1.65.